The fourth-order valence-electron chi connectivity index (χ4n) is 2.64. The number of aryl methyl sites for hydroxylation is 1. The van der Waals surface area contributed by atoms with E-state index < -0.39 is 0 Å². The highest BCUT2D eigenvalue weighted by atomic mass is 32.2. The number of benzene rings is 2. The molecule has 8 heteroatoms. The predicted octanol–water partition coefficient (Wildman–Crippen LogP) is 4.19. The Morgan fingerprint density at radius 3 is 2.66 bits per heavy atom. The van der Waals surface area contributed by atoms with E-state index in [2.05, 4.69) is 20.5 Å². The Balaban J connectivity index is 1.51. The average Bonchev–Trinajstić information content (AvgIpc) is 3.15. The van der Waals surface area contributed by atoms with Gasteiger partial charge in [-0.05, 0) is 50.1 Å². The molecule has 1 amide bonds. The largest absolute Gasteiger partial charge is 0.485 e. The molecule has 3 rings (SSSR count). The van der Waals surface area contributed by atoms with E-state index in [0.29, 0.717) is 11.0 Å². The Hall–Kier alpha value is -2.87. The van der Waals surface area contributed by atoms with Crippen LogP contribution in [0.4, 0.5) is 4.39 Å². The maximum Gasteiger partial charge on any atom is 0.233 e. The number of hydrogen-bond acceptors (Lipinski definition) is 5. The first kappa shape index (κ1) is 20.9. The van der Waals surface area contributed by atoms with E-state index in [1.54, 1.807) is 19.1 Å². The summed E-state index contributed by atoms with van der Waals surface area (Å²) >= 11 is 1.26. The van der Waals surface area contributed by atoms with Crippen molar-refractivity contribution < 1.29 is 13.9 Å². The van der Waals surface area contributed by atoms with Crippen LogP contribution in [-0.2, 0) is 11.4 Å². The normalized spacial score (nSPS) is 13.0. The number of nitrogens with one attached hydrogen (secondary N) is 2. The third kappa shape index (κ3) is 5.80. The van der Waals surface area contributed by atoms with Crippen LogP contribution in [0.25, 0.3) is 0 Å². The van der Waals surface area contributed by atoms with Gasteiger partial charge in [-0.2, -0.15) is 0 Å². The van der Waals surface area contributed by atoms with Gasteiger partial charge in [-0.25, -0.2) is 9.37 Å². The number of aromatic amines is 1. The second kappa shape index (κ2) is 9.56. The van der Waals surface area contributed by atoms with Crippen molar-refractivity contribution in [3.8, 4) is 5.75 Å². The number of amides is 1. The van der Waals surface area contributed by atoms with Gasteiger partial charge in [0.05, 0.1) is 11.3 Å². The van der Waals surface area contributed by atoms with Gasteiger partial charge in [0.2, 0.25) is 11.1 Å². The van der Waals surface area contributed by atoms with Gasteiger partial charge in [0.25, 0.3) is 0 Å². The van der Waals surface area contributed by atoms with Crippen LogP contribution in [0.5, 0.6) is 5.75 Å². The molecule has 1 heterocycles. The molecule has 1 aromatic heterocycles. The first-order valence-electron chi connectivity index (χ1n) is 9.24. The molecule has 0 saturated heterocycles. The zero-order chi connectivity index (χ0) is 20.8. The van der Waals surface area contributed by atoms with Gasteiger partial charge in [-0.15, -0.1) is 5.10 Å². The molecular weight excluding hydrogens is 391 g/mol. The van der Waals surface area contributed by atoms with Crippen LogP contribution >= 0.6 is 11.8 Å². The van der Waals surface area contributed by atoms with E-state index in [1.165, 1.54) is 23.9 Å². The van der Waals surface area contributed by atoms with E-state index in [0.717, 1.165) is 16.9 Å². The van der Waals surface area contributed by atoms with Gasteiger partial charge in [0, 0.05) is 0 Å². The van der Waals surface area contributed by atoms with Crippen LogP contribution in [-0.4, -0.2) is 26.3 Å². The van der Waals surface area contributed by atoms with Crippen molar-refractivity contribution in [2.75, 3.05) is 0 Å². The van der Waals surface area contributed by atoms with E-state index >= 15 is 0 Å². The summed E-state index contributed by atoms with van der Waals surface area (Å²) in [4.78, 5) is 16.8. The minimum Gasteiger partial charge on any atom is -0.485 e. The van der Waals surface area contributed by atoms with Gasteiger partial charge in [-0.1, -0.05) is 42.1 Å². The molecule has 6 nitrogen and oxygen atoms in total. The quantitative estimate of drug-likeness (QED) is 0.540. The number of rotatable bonds is 8. The number of H-pyrrole nitrogens is 1. The molecule has 0 saturated carbocycles. The molecule has 152 valence electrons. The summed E-state index contributed by atoms with van der Waals surface area (Å²) < 4.78 is 18.8. The maximum absolute atomic E-state index is 13.0. The molecule has 29 heavy (non-hydrogen) atoms. The average molecular weight is 415 g/mol. The van der Waals surface area contributed by atoms with Crippen LogP contribution in [0.1, 0.15) is 36.8 Å². The number of carbonyl (C=O) groups excluding carboxylic acids is 1. The maximum atomic E-state index is 13.0. The van der Waals surface area contributed by atoms with Crippen LogP contribution in [0.2, 0.25) is 0 Å². The Labute approximate surface area is 173 Å². The van der Waals surface area contributed by atoms with E-state index in [1.807, 2.05) is 38.1 Å². The minimum atomic E-state index is -0.390. The smallest absolute Gasteiger partial charge is 0.233 e. The summed E-state index contributed by atoms with van der Waals surface area (Å²) in [6.07, 6.45) is 0. The minimum absolute atomic E-state index is 0.144. The highest BCUT2D eigenvalue weighted by Crippen LogP contribution is 2.22. The third-order valence-electron chi connectivity index (χ3n) is 4.35. The van der Waals surface area contributed by atoms with Crippen molar-refractivity contribution in [3.05, 3.63) is 71.3 Å². The number of nitrogens with zero attached hydrogens (tertiary/aromatic N) is 2. The summed E-state index contributed by atoms with van der Waals surface area (Å²) in [7, 11) is 0. The number of ether oxygens (including phenoxy) is 1. The lowest BCUT2D eigenvalue weighted by molar-refractivity contribution is -0.120. The van der Waals surface area contributed by atoms with Crippen molar-refractivity contribution >= 4 is 17.7 Å². The SMILES string of the molecule is Cc1ccccc1OCc1nc(S[C@@H](C)C(=O)N[C@@H](C)c2ccc(F)cc2)n[nH]1. The highest BCUT2D eigenvalue weighted by Gasteiger charge is 2.19. The molecule has 0 fully saturated rings. The number of thioether (sulfide) groups is 1. The Morgan fingerprint density at radius 1 is 1.21 bits per heavy atom. The monoisotopic (exact) mass is 414 g/mol. The fourth-order valence-corrected chi connectivity index (χ4v) is 3.39. The molecule has 0 spiro atoms. The molecular formula is C21H23FN4O2S. The Morgan fingerprint density at radius 2 is 1.93 bits per heavy atom. The first-order valence-corrected chi connectivity index (χ1v) is 10.1. The number of para-hydroxylation sites is 1. The second-order valence-corrected chi connectivity index (χ2v) is 7.97. The summed E-state index contributed by atoms with van der Waals surface area (Å²) in [6, 6.07) is 13.6. The van der Waals surface area contributed by atoms with Crippen LogP contribution in [0.15, 0.2) is 53.7 Å². The summed E-state index contributed by atoms with van der Waals surface area (Å²) in [5.74, 6) is 0.932. The molecule has 2 atom stereocenters. The lowest BCUT2D eigenvalue weighted by Crippen LogP contribution is -2.33. The lowest BCUT2D eigenvalue weighted by Gasteiger charge is -2.17. The standard InChI is InChI=1S/C21H23FN4O2S/c1-13-6-4-5-7-18(13)28-12-19-24-21(26-25-19)29-15(3)20(27)23-14(2)16-8-10-17(22)11-9-16/h4-11,14-15H,12H2,1-3H3,(H,23,27)(H,24,25,26)/t14-,15-/m0/s1. The van der Waals surface area contributed by atoms with Crippen molar-refractivity contribution in [1.82, 2.24) is 20.5 Å². The van der Waals surface area contributed by atoms with Gasteiger partial charge in [-0.3, -0.25) is 9.89 Å². The molecule has 0 aliphatic carbocycles. The Bertz CT molecular complexity index is 961. The van der Waals surface area contributed by atoms with Crippen molar-refractivity contribution in [2.24, 2.45) is 0 Å². The van der Waals surface area contributed by atoms with Gasteiger partial charge < -0.3 is 10.1 Å². The molecule has 0 radical (unpaired) electrons. The number of carbonyl (C=O) groups is 1. The summed E-state index contributed by atoms with van der Waals surface area (Å²) in [6.45, 7) is 5.89. The first-order chi connectivity index (χ1) is 13.9. The van der Waals surface area contributed by atoms with Crippen LogP contribution in [0.3, 0.4) is 0 Å². The Kier molecular flexibility index (Phi) is 6.87. The zero-order valence-corrected chi connectivity index (χ0v) is 17.3. The summed E-state index contributed by atoms with van der Waals surface area (Å²) in [5.41, 5.74) is 1.88. The molecule has 0 aliphatic heterocycles. The highest BCUT2D eigenvalue weighted by molar-refractivity contribution is 8.00. The van der Waals surface area contributed by atoms with Crippen molar-refractivity contribution in [1.29, 1.82) is 0 Å². The van der Waals surface area contributed by atoms with Crippen LogP contribution in [0, 0.1) is 12.7 Å². The third-order valence-corrected chi connectivity index (χ3v) is 5.31. The van der Waals surface area contributed by atoms with Crippen LogP contribution < -0.4 is 10.1 Å². The molecule has 0 unspecified atom stereocenters. The fraction of sp³-hybridized carbons (Fsp3) is 0.286. The molecule has 2 aromatic carbocycles. The topological polar surface area (TPSA) is 79.9 Å². The number of aromatic nitrogens is 3. The molecule has 0 aliphatic rings. The van der Waals surface area contributed by atoms with E-state index in [4.69, 9.17) is 4.74 Å². The van der Waals surface area contributed by atoms with E-state index in [-0.39, 0.29) is 29.6 Å². The zero-order valence-electron chi connectivity index (χ0n) is 16.5. The van der Waals surface area contributed by atoms with Gasteiger partial charge in [0.15, 0.2) is 5.82 Å². The molecule has 3 aromatic rings. The second-order valence-electron chi connectivity index (χ2n) is 6.66. The number of halogens is 1. The molecule has 0 bridgehead atoms. The summed E-state index contributed by atoms with van der Waals surface area (Å²) in [5, 5.41) is 9.99. The lowest BCUT2D eigenvalue weighted by atomic mass is 10.1. The predicted molar refractivity (Wildman–Crippen MR) is 110 cm³/mol. The van der Waals surface area contributed by atoms with Crippen molar-refractivity contribution in [2.45, 2.75) is 43.8 Å². The van der Waals surface area contributed by atoms with Crippen molar-refractivity contribution in [3.63, 3.8) is 0 Å². The number of hydrogen-bond donors (Lipinski definition) is 2. The van der Waals surface area contributed by atoms with Gasteiger partial charge >= 0.3 is 0 Å². The molecule has 2 N–H and O–H groups in total. The van der Waals surface area contributed by atoms with Gasteiger partial charge in [0.1, 0.15) is 18.2 Å². The van der Waals surface area contributed by atoms with E-state index in [9.17, 15) is 9.18 Å².